The topological polar surface area (TPSA) is 78.5 Å². The summed E-state index contributed by atoms with van der Waals surface area (Å²) in [5.41, 5.74) is 0.950. The van der Waals surface area contributed by atoms with Crippen molar-refractivity contribution >= 4 is 33.0 Å². The molecule has 2 aromatic rings. The van der Waals surface area contributed by atoms with Crippen molar-refractivity contribution in [2.45, 2.75) is 23.5 Å². The number of rotatable bonds is 7. The van der Waals surface area contributed by atoms with E-state index in [9.17, 15) is 13.2 Å². The lowest BCUT2D eigenvalue weighted by Gasteiger charge is -2.26. The van der Waals surface area contributed by atoms with Gasteiger partial charge in [0.05, 0.1) is 0 Å². The van der Waals surface area contributed by atoms with Gasteiger partial charge in [0.2, 0.25) is 0 Å². The zero-order chi connectivity index (χ0) is 18.4. The minimum Gasteiger partial charge on any atom is -0.351 e. The van der Waals surface area contributed by atoms with Crippen molar-refractivity contribution in [3.05, 3.63) is 47.3 Å². The van der Waals surface area contributed by atoms with Crippen molar-refractivity contribution in [2.75, 3.05) is 30.9 Å². The van der Waals surface area contributed by atoms with E-state index in [4.69, 9.17) is 0 Å². The molecule has 1 aromatic heterocycles. The second kappa shape index (κ2) is 8.66. The zero-order valence-electron chi connectivity index (χ0n) is 14.5. The smallest absolute Gasteiger partial charge is 0.271 e. The number of benzene rings is 1. The first-order valence-electron chi connectivity index (χ1n) is 8.71. The van der Waals surface area contributed by atoms with Gasteiger partial charge in [-0.15, -0.1) is 11.3 Å². The number of piperidine rings is 1. The Labute approximate surface area is 158 Å². The number of anilines is 1. The largest absolute Gasteiger partial charge is 0.351 e. The molecule has 0 bridgehead atoms. The number of nitrogens with zero attached hydrogens (tertiary/aromatic N) is 1. The monoisotopic (exact) mass is 393 g/mol. The van der Waals surface area contributed by atoms with E-state index in [2.05, 4.69) is 14.9 Å². The first-order chi connectivity index (χ1) is 12.5. The Balaban J connectivity index is 1.51. The third kappa shape index (κ3) is 5.06. The predicted octanol–water partition coefficient (Wildman–Crippen LogP) is 2.76. The van der Waals surface area contributed by atoms with Gasteiger partial charge in [0.15, 0.2) is 0 Å². The quantitative estimate of drug-likeness (QED) is 0.758. The zero-order valence-corrected chi connectivity index (χ0v) is 16.1. The van der Waals surface area contributed by atoms with E-state index < -0.39 is 10.0 Å². The summed E-state index contributed by atoms with van der Waals surface area (Å²) in [6, 6.07) is 9.70. The standard InChI is InChI=1S/C18H23N3O3S2/c22-18(19-10-13-21-11-2-1-3-12-21)15-6-8-16(9-7-15)20-26(23,24)17-5-4-14-25-17/h4-9,14,20H,1-3,10-13H2,(H,19,22). The van der Waals surface area contributed by atoms with Crippen LogP contribution in [0, 0.1) is 0 Å². The summed E-state index contributed by atoms with van der Waals surface area (Å²) in [5, 5.41) is 4.63. The molecular weight excluding hydrogens is 370 g/mol. The fourth-order valence-electron chi connectivity index (χ4n) is 2.92. The molecule has 0 radical (unpaired) electrons. The van der Waals surface area contributed by atoms with Gasteiger partial charge < -0.3 is 10.2 Å². The number of likely N-dealkylation sites (tertiary alicyclic amines) is 1. The molecule has 0 atom stereocenters. The lowest BCUT2D eigenvalue weighted by atomic mass is 10.1. The van der Waals surface area contributed by atoms with Crippen molar-refractivity contribution in [3.8, 4) is 0 Å². The predicted molar refractivity (Wildman–Crippen MR) is 104 cm³/mol. The van der Waals surface area contributed by atoms with Gasteiger partial charge in [-0.25, -0.2) is 8.42 Å². The maximum absolute atomic E-state index is 12.2. The summed E-state index contributed by atoms with van der Waals surface area (Å²) in [6.45, 7) is 3.69. The first kappa shape index (κ1) is 18.9. The Morgan fingerprint density at radius 2 is 1.81 bits per heavy atom. The van der Waals surface area contributed by atoms with Crippen LogP contribution in [0.2, 0.25) is 0 Å². The van der Waals surface area contributed by atoms with E-state index in [1.54, 1.807) is 41.8 Å². The molecule has 1 aliphatic heterocycles. The molecule has 140 valence electrons. The van der Waals surface area contributed by atoms with Crippen LogP contribution in [0.5, 0.6) is 0 Å². The molecule has 0 spiro atoms. The van der Waals surface area contributed by atoms with Crippen LogP contribution in [-0.4, -0.2) is 45.4 Å². The first-order valence-corrected chi connectivity index (χ1v) is 11.1. The van der Waals surface area contributed by atoms with Crippen LogP contribution in [0.3, 0.4) is 0 Å². The number of amides is 1. The Bertz CT molecular complexity index is 812. The lowest BCUT2D eigenvalue weighted by Crippen LogP contribution is -2.37. The summed E-state index contributed by atoms with van der Waals surface area (Å²) >= 11 is 1.16. The molecule has 1 amide bonds. The summed E-state index contributed by atoms with van der Waals surface area (Å²) in [7, 11) is -3.57. The minimum absolute atomic E-state index is 0.144. The van der Waals surface area contributed by atoms with Gasteiger partial charge in [0, 0.05) is 24.3 Å². The molecule has 3 rings (SSSR count). The van der Waals surface area contributed by atoms with Crippen molar-refractivity contribution < 1.29 is 13.2 Å². The molecule has 0 aliphatic carbocycles. The van der Waals surface area contributed by atoms with Gasteiger partial charge in [-0.05, 0) is 61.6 Å². The summed E-state index contributed by atoms with van der Waals surface area (Å²) in [5.74, 6) is -0.144. The van der Waals surface area contributed by atoms with E-state index in [0.29, 0.717) is 17.8 Å². The van der Waals surface area contributed by atoms with Gasteiger partial charge in [-0.1, -0.05) is 12.5 Å². The molecule has 1 aromatic carbocycles. The second-order valence-corrected chi connectivity index (χ2v) is 9.13. The molecule has 6 nitrogen and oxygen atoms in total. The highest BCUT2D eigenvalue weighted by molar-refractivity contribution is 7.94. The normalized spacial score (nSPS) is 15.5. The number of sulfonamides is 1. The summed E-state index contributed by atoms with van der Waals surface area (Å²) in [4.78, 5) is 14.6. The number of hydrogen-bond donors (Lipinski definition) is 2. The van der Waals surface area contributed by atoms with Crippen molar-refractivity contribution in [2.24, 2.45) is 0 Å². The summed E-state index contributed by atoms with van der Waals surface area (Å²) in [6.07, 6.45) is 3.76. The van der Waals surface area contributed by atoms with Crippen LogP contribution < -0.4 is 10.0 Å². The molecule has 2 N–H and O–H groups in total. The molecule has 1 aliphatic rings. The molecular formula is C18H23N3O3S2. The van der Waals surface area contributed by atoms with Gasteiger partial charge in [-0.2, -0.15) is 0 Å². The Morgan fingerprint density at radius 3 is 2.46 bits per heavy atom. The molecule has 2 heterocycles. The highest BCUT2D eigenvalue weighted by Gasteiger charge is 2.15. The average molecular weight is 394 g/mol. The highest BCUT2D eigenvalue weighted by atomic mass is 32.2. The molecule has 26 heavy (non-hydrogen) atoms. The SMILES string of the molecule is O=C(NCCN1CCCCC1)c1ccc(NS(=O)(=O)c2cccs2)cc1. The Hall–Kier alpha value is -1.90. The van der Waals surface area contributed by atoms with Gasteiger partial charge in [-0.3, -0.25) is 9.52 Å². The molecule has 0 saturated carbocycles. The maximum Gasteiger partial charge on any atom is 0.271 e. The van der Waals surface area contributed by atoms with Crippen LogP contribution in [0.25, 0.3) is 0 Å². The van der Waals surface area contributed by atoms with Crippen LogP contribution >= 0.6 is 11.3 Å². The molecule has 0 unspecified atom stereocenters. The van der Waals surface area contributed by atoms with E-state index >= 15 is 0 Å². The van der Waals surface area contributed by atoms with Gasteiger partial charge >= 0.3 is 0 Å². The molecule has 1 saturated heterocycles. The Kier molecular flexibility index (Phi) is 6.29. The fraction of sp³-hybridized carbons (Fsp3) is 0.389. The third-order valence-corrected chi connectivity index (χ3v) is 7.10. The van der Waals surface area contributed by atoms with Crippen molar-refractivity contribution in [1.29, 1.82) is 0 Å². The third-order valence-electron chi connectivity index (χ3n) is 4.32. The molecule has 8 heteroatoms. The number of carbonyl (C=O) groups is 1. The second-order valence-electron chi connectivity index (χ2n) is 6.27. The van der Waals surface area contributed by atoms with Crippen LogP contribution in [0.4, 0.5) is 5.69 Å². The highest BCUT2D eigenvalue weighted by Crippen LogP contribution is 2.20. The average Bonchev–Trinajstić information content (AvgIpc) is 3.19. The Morgan fingerprint density at radius 1 is 1.08 bits per heavy atom. The number of hydrogen-bond acceptors (Lipinski definition) is 5. The van der Waals surface area contributed by atoms with Crippen LogP contribution in [0.15, 0.2) is 46.0 Å². The van der Waals surface area contributed by atoms with Gasteiger partial charge in [0.1, 0.15) is 4.21 Å². The minimum atomic E-state index is -3.57. The molecule has 1 fully saturated rings. The summed E-state index contributed by atoms with van der Waals surface area (Å²) < 4.78 is 27.2. The van der Waals surface area contributed by atoms with E-state index in [1.165, 1.54) is 19.3 Å². The van der Waals surface area contributed by atoms with E-state index in [1.807, 2.05) is 0 Å². The number of thiophene rings is 1. The lowest BCUT2D eigenvalue weighted by molar-refractivity contribution is 0.0946. The van der Waals surface area contributed by atoms with Gasteiger partial charge in [0.25, 0.3) is 15.9 Å². The van der Waals surface area contributed by atoms with Crippen LogP contribution in [-0.2, 0) is 10.0 Å². The number of carbonyl (C=O) groups excluding carboxylic acids is 1. The number of nitrogens with one attached hydrogen (secondary N) is 2. The van der Waals surface area contributed by atoms with Crippen molar-refractivity contribution in [3.63, 3.8) is 0 Å². The van der Waals surface area contributed by atoms with E-state index in [-0.39, 0.29) is 10.1 Å². The van der Waals surface area contributed by atoms with Crippen LogP contribution in [0.1, 0.15) is 29.6 Å². The van der Waals surface area contributed by atoms with Crippen molar-refractivity contribution in [1.82, 2.24) is 10.2 Å². The maximum atomic E-state index is 12.2. The fourth-order valence-corrected chi connectivity index (χ4v) is 4.98. The van der Waals surface area contributed by atoms with E-state index in [0.717, 1.165) is 31.0 Å².